The standard InChI is InChI=1S/C30H35N3O5S2/c1-2-38-29(36)14-16-31(21-23-8-4-3-5-9-23)27(34)20-26-30(37)32(15-12-24-10-6-18-39-24)22-28(35)33(26)17-13-25-11-7-19-40-25/h3-11,18-19,26H,2,12-17,20-22H2,1H3. The molecule has 1 aliphatic rings. The van der Waals surface area contributed by atoms with Gasteiger partial charge >= 0.3 is 5.97 Å². The van der Waals surface area contributed by atoms with Crippen LogP contribution in [0.3, 0.4) is 0 Å². The lowest BCUT2D eigenvalue weighted by molar-refractivity contribution is -0.158. The molecule has 1 aromatic carbocycles. The number of rotatable bonds is 14. The van der Waals surface area contributed by atoms with E-state index in [1.807, 2.05) is 65.4 Å². The van der Waals surface area contributed by atoms with E-state index >= 15 is 0 Å². The molecule has 0 bridgehead atoms. The van der Waals surface area contributed by atoms with E-state index in [1.165, 1.54) is 0 Å². The van der Waals surface area contributed by atoms with Crippen molar-refractivity contribution in [2.75, 3.05) is 32.8 Å². The normalized spacial score (nSPS) is 15.4. The van der Waals surface area contributed by atoms with Gasteiger partial charge < -0.3 is 19.4 Å². The first-order chi connectivity index (χ1) is 19.4. The van der Waals surface area contributed by atoms with Gasteiger partial charge in [-0.15, -0.1) is 22.7 Å². The minimum Gasteiger partial charge on any atom is -0.466 e. The molecule has 3 heterocycles. The minimum absolute atomic E-state index is 0.00985. The van der Waals surface area contributed by atoms with Gasteiger partial charge in [0, 0.05) is 35.9 Å². The van der Waals surface area contributed by atoms with E-state index in [-0.39, 0.29) is 56.2 Å². The van der Waals surface area contributed by atoms with Crippen molar-refractivity contribution >= 4 is 46.4 Å². The molecule has 3 aromatic rings. The van der Waals surface area contributed by atoms with Crippen LogP contribution in [0, 0.1) is 0 Å². The molecule has 10 heteroatoms. The molecule has 1 aliphatic heterocycles. The Bertz CT molecular complexity index is 1250. The van der Waals surface area contributed by atoms with Gasteiger partial charge in [-0.25, -0.2) is 0 Å². The van der Waals surface area contributed by atoms with E-state index in [1.54, 1.807) is 44.3 Å². The summed E-state index contributed by atoms with van der Waals surface area (Å²) in [7, 11) is 0. The fraction of sp³-hybridized carbons (Fsp3) is 0.400. The van der Waals surface area contributed by atoms with Gasteiger partial charge in [-0.3, -0.25) is 19.2 Å². The van der Waals surface area contributed by atoms with Crippen LogP contribution in [0.15, 0.2) is 65.4 Å². The summed E-state index contributed by atoms with van der Waals surface area (Å²) in [5.74, 6) is -1.02. The third-order valence-corrected chi connectivity index (χ3v) is 8.71. The molecule has 0 saturated carbocycles. The van der Waals surface area contributed by atoms with Crippen LogP contribution in [0.5, 0.6) is 0 Å². The van der Waals surface area contributed by atoms with E-state index in [0.717, 1.165) is 15.3 Å². The summed E-state index contributed by atoms with van der Waals surface area (Å²) in [5.41, 5.74) is 0.915. The van der Waals surface area contributed by atoms with Crippen molar-refractivity contribution < 1.29 is 23.9 Å². The molecule has 212 valence electrons. The van der Waals surface area contributed by atoms with Gasteiger partial charge in [0.25, 0.3) is 0 Å². The molecule has 0 aliphatic carbocycles. The van der Waals surface area contributed by atoms with Gasteiger partial charge in [0.1, 0.15) is 6.04 Å². The Hall–Kier alpha value is -3.50. The molecule has 8 nitrogen and oxygen atoms in total. The minimum atomic E-state index is -0.891. The third kappa shape index (κ3) is 8.25. The quantitative estimate of drug-likeness (QED) is 0.269. The predicted molar refractivity (Wildman–Crippen MR) is 156 cm³/mol. The molecule has 2 aromatic heterocycles. The van der Waals surface area contributed by atoms with Gasteiger partial charge in [0.15, 0.2) is 0 Å². The number of amides is 3. The second-order valence-corrected chi connectivity index (χ2v) is 11.6. The summed E-state index contributed by atoms with van der Waals surface area (Å²) >= 11 is 3.22. The predicted octanol–water partition coefficient (Wildman–Crippen LogP) is 4.01. The topological polar surface area (TPSA) is 87.2 Å². The van der Waals surface area contributed by atoms with Crippen molar-refractivity contribution in [1.82, 2.24) is 14.7 Å². The average molecular weight is 582 g/mol. The highest BCUT2D eigenvalue weighted by atomic mass is 32.1. The molecule has 1 fully saturated rings. The molecule has 1 atom stereocenters. The first-order valence-electron chi connectivity index (χ1n) is 13.5. The van der Waals surface area contributed by atoms with E-state index in [4.69, 9.17) is 4.74 Å². The molecule has 0 spiro atoms. The van der Waals surface area contributed by atoms with Crippen LogP contribution in [0.2, 0.25) is 0 Å². The summed E-state index contributed by atoms with van der Waals surface area (Å²) in [6.45, 7) is 3.27. The smallest absolute Gasteiger partial charge is 0.307 e. The van der Waals surface area contributed by atoms with Gasteiger partial charge in [-0.1, -0.05) is 42.5 Å². The molecule has 1 unspecified atom stereocenters. The van der Waals surface area contributed by atoms with Crippen LogP contribution in [-0.4, -0.2) is 77.2 Å². The molecular formula is C30H35N3O5S2. The Morgan fingerprint density at radius 3 is 2.25 bits per heavy atom. The molecule has 0 N–H and O–H groups in total. The summed E-state index contributed by atoms with van der Waals surface area (Å²) < 4.78 is 5.07. The van der Waals surface area contributed by atoms with E-state index in [9.17, 15) is 19.2 Å². The Kier molecular flexibility index (Phi) is 10.9. The fourth-order valence-corrected chi connectivity index (χ4v) is 6.15. The van der Waals surface area contributed by atoms with Gasteiger partial charge in [0.2, 0.25) is 17.7 Å². The SMILES string of the molecule is CCOC(=O)CCN(Cc1ccccc1)C(=O)CC1C(=O)N(CCc2cccs2)CC(=O)N1CCc1cccs1. The average Bonchev–Trinajstić information content (AvgIpc) is 3.67. The Morgan fingerprint density at radius 1 is 0.950 bits per heavy atom. The summed E-state index contributed by atoms with van der Waals surface area (Å²) in [4.78, 5) is 60.0. The number of hydrogen-bond donors (Lipinski definition) is 0. The highest BCUT2D eigenvalue weighted by Gasteiger charge is 2.40. The van der Waals surface area contributed by atoms with E-state index in [0.29, 0.717) is 32.5 Å². The van der Waals surface area contributed by atoms with Crippen LogP contribution < -0.4 is 0 Å². The van der Waals surface area contributed by atoms with Crippen molar-refractivity contribution in [3.05, 3.63) is 80.7 Å². The molecule has 40 heavy (non-hydrogen) atoms. The highest BCUT2D eigenvalue weighted by Crippen LogP contribution is 2.21. The maximum atomic E-state index is 13.8. The zero-order valence-electron chi connectivity index (χ0n) is 22.7. The molecule has 4 rings (SSSR count). The molecular weight excluding hydrogens is 546 g/mol. The summed E-state index contributed by atoms with van der Waals surface area (Å²) in [6.07, 6.45) is 1.19. The largest absolute Gasteiger partial charge is 0.466 e. The number of esters is 1. The maximum absolute atomic E-state index is 13.8. The lowest BCUT2D eigenvalue weighted by Gasteiger charge is -2.40. The molecule has 0 radical (unpaired) electrons. The summed E-state index contributed by atoms with van der Waals surface area (Å²) in [5, 5.41) is 3.97. The molecule has 1 saturated heterocycles. The number of carbonyl (C=O) groups excluding carboxylic acids is 4. The number of benzene rings is 1. The van der Waals surface area contributed by atoms with Gasteiger partial charge in [0.05, 0.1) is 26.0 Å². The van der Waals surface area contributed by atoms with Crippen LogP contribution in [-0.2, 0) is 43.3 Å². The third-order valence-electron chi connectivity index (χ3n) is 6.83. The van der Waals surface area contributed by atoms with Crippen molar-refractivity contribution in [2.24, 2.45) is 0 Å². The maximum Gasteiger partial charge on any atom is 0.307 e. The van der Waals surface area contributed by atoms with Crippen molar-refractivity contribution in [1.29, 1.82) is 0 Å². The van der Waals surface area contributed by atoms with Crippen molar-refractivity contribution in [2.45, 2.75) is 45.2 Å². The fourth-order valence-electron chi connectivity index (χ4n) is 4.75. The molecule has 3 amide bonds. The van der Waals surface area contributed by atoms with Gasteiger partial charge in [-0.2, -0.15) is 0 Å². The second kappa shape index (κ2) is 14.8. The number of ether oxygens (including phenoxy) is 1. The monoisotopic (exact) mass is 581 g/mol. The van der Waals surface area contributed by atoms with E-state index < -0.39 is 6.04 Å². The van der Waals surface area contributed by atoms with E-state index in [2.05, 4.69) is 0 Å². The zero-order chi connectivity index (χ0) is 28.3. The Balaban J connectivity index is 1.51. The van der Waals surface area contributed by atoms with Crippen LogP contribution >= 0.6 is 22.7 Å². The van der Waals surface area contributed by atoms with Crippen molar-refractivity contribution in [3.63, 3.8) is 0 Å². The number of nitrogens with zero attached hydrogens (tertiary/aromatic N) is 3. The Morgan fingerprint density at radius 2 is 1.62 bits per heavy atom. The number of thiophene rings is 2. The number of carbonyl (C=O) groups is 4. The lowest BCUT2D eigenvalue weighted by atomic mass is 10.0. The van der Waals surface area contributed by atoms with Crippen LogP contribution in [0.4, 0.5) is 0 Å². The van der Waals surface area contributed by atoms with Gasteiger partial charge in [-0.05, 0) is 48.2 Å². The number of hydrogen-bond acceptors (Lipinski definition) is 7. The second-order valence-electron chi connectivity index (χ2n) is 9.58. The number of piperazine rings is 1. The zero-order valence-corrected chi connectivity index (χ0v) is 24.3. The lowest BCUT2D eigenvalue weighted by Crippen LogP contribution is -2.61. The van der Waals surface area contributed by atoms with Crippen LogP contribution in [0.25, 0.3) is 0 Å². The Labute approximate surface area is 243 Å². The van der Waals surface area contributed by atoms with Crippen molar-refractivity contribution in [3.8, 4) is 0 Å². The summed E-state index contributed by atoms with van der Waals surface area (Å²) in [6, 6.07) is 16.6. The first-order valence-corrected chi connectivity index (χ1v) is 15.3. The van der Waals surface area contributed by atoms with Crippen LogP contribution in [0.1, 0.15) is 35.1 Å². The first kappa shape index (κ1) is 29.5. The highest BCUT2D eigenvalue weighted by molar-refractivity contribution is 7.10.